The van der Waals surface area contributed by atoms with Gasteiger partial charge in [0, 0.05) is 37.9 Å². The van der Waals surface area contributed by atoms with Gasteiger partial charge < -0.3 is 10.2 Å². The molecule has 0 amide bonds. The highest BCUT2D eigenvalue weighted by Crippen LogP contribution is 2.67. The molecule has 12 atom stereocenters. The second-order valence-electron chi connectivity index (χ2n) is 13.4. The normalized spacial score (nSPS) is 58.2. The summed E-state index contributed by atoms with van der Waals surface area (Å²) < 4.78 is 0. The standard InChI is InChI=1S/C27H42ClNO3.ClH/c1-15-4-7-24-26(3,31)20-6-5-16-17(19(20)14-29(24)13-15)10-21-18(16)11-23(30)22-12-27(28,32)9-8-25(21,22)2;/h15-22,24,31-32H,4-14H2,1-3H3;1H/t15-,16+,17+,18-,19-,20+,21-,22+,24-,25+,26-,27-;/m0./s1. The number of hydrogen-bond donors (Lipinski definition) is 2. The van der Waals surface area contributed by atoms with Crippen molar-refractivity contribution in [2.75, 3.05) is 13.1 Å². The zero-order valence-electron chi connectivity index (χ0n) is 20.5. The van der Waals surface area contributed by atoms with E-state index in [1.807, 2.05) is 0 Å². The summed E-state index contributed by atoms with van der Waals surface area (Å²) in [5, 5.41) is 21.1. The van der Waals surface area contributed by atoms with Gasteiger partial charge in [-0.3, -0.25) is 9.69 Å². The van der Waals surface area contributed by atoms with E-state index in [0.717, 1.165) is 38.3 Å². The Morgan fingerprint density at radius 1 is 0.939 bits per heavy atom. The van der Waals surface area contributed by atoms with Crippen LogP contribution in [0.4, 0.5) is 0 Å². The molecular formula is C27H43Cl2NO3. The second kappa shape index (κ2) is 8.07. The van der Waals surface area contributed by atoms with Gasteiger partial charge in [-0.2, -0.15) is 0 Å². The summed E-state index contributed by atoms with van der Waals surface area (Å²) in [5.74, 6) is 4.28. The van der Waals surface area contributed by atoms with Crippen LogP contribution in [0.25, 0.3) is 0 Å². The summed E-state index contributed by atoms with van der Waals surface area (Å²) in [7, 11) is 0. The molecule has 0 radical (unpaired) electrons. The lowest BCUT2D eigenvalue weighted by Gasteiger charge is -2.59. The van der Waals surface area contributed by atoms with Crippen molar-refractivity contribution >= 4 is 29.8 Å². The van der Waals surface area contributed by atoms with Gasteiger partial charge in [-0.15, -0.1) is 12.4 Å². The van der Waals surface area contributed by atoms with Gasteiger partial charge in [0.05, 0.1) is 5.60 Å². The second-order valence-corrected chi connectivity index (χ2v) is 14.1. The summed E-state index contributed by atoms with van der Waals surface area (Å²) >= 11 is 6.35. The lowest BCUT2D eigenvalue weighted by atomic mass is 9.51. The third-order valence-corrected chi connectivity index (χ3v) is 12.2. The molecule has 0 unspecified atom stereocenters. The predicted molar refractivity (Wildman–Crippen MR) is 132 cm³/mol. The molecule has 0 aromatic rings. The van der Waals surface area contributed by atoms with Gasteiger partial charge in [0.2, 0.25) is 0 Å². The van der Waals surface area contributed by atoms with Crippen LogP contribution in [-0.4, -0.2) is 50.7 Å². The third-order valence-electron chi connectivity index (χ3n) is 11.8. The number of Topliss-reactive ketones (excluding diaryl/α,β-unsaturated/α-hetero) is 1. The lowest BCUT2D eigenvalue weighted by Crippen LogP contribution is -2.67. The minimum atomic E-state index is -1.20. The summed E-state index contributed by atoms with van der Waals surface area (Å²) in [4.78, 5) is 16.0. The fourth-order valence-electron chi connectivity index (χ4n) is 10.3. The van der Waals surface area contributed by atoms with Crippen LogP contribution in [0.5, 0.6) is 0 Å². The fourth-order valence-corrected chi connectivity index (χ4v) is 10.6. The molecule has 2 saturated heterocycles. The highest BCUT2D eigenvalue weighted by Gasteiger charge is 2.65. The van der Waals surface area contributed by atoms with E-state index in [0.29, 0.717) is 66.6 Å². The van der Waals surface area contributed by atoms with E-state index in [1.165, 1.54) is 19.3 Å². The van der Waals surface area contributed by atoms with Crippen LogP contribution < -0.4 is 0 Å². The Labute approximate surface area is 210 Å². The third kappa shape index (κ3) is 3.59. The maximum absolute atomic E-state index is 13.3. The van der Waals surface area contributed by atoms with Crippen molar-refractivity contribution in [2.45, 2.75) is 95.3 Å². The smallest absolute Gasteiger partial charge is 0.139 e. The number of piperidine rings is 2. The van der Waals surface area contributed by atoms with E-state index in [-0.39, 0.29) is 23.7 Å². The average Bonchev–Trinajstić information content (AvgIpc) is 3.09. The SMILES string of the molecule is C[C@H]1CC[C@@H]2N(C1)C[C@H]1[C@@H]3C[C@H]4[C@@H](CC(=O)[C@H]5C[C@](O)(Cl)CC[C@@]54C)[C@@H]3CC[C@H]1[C@]2(C)O.Cl. The number of carbonyl (C=O) groups is 1. The zero-order valence-corrected chi connectivity index (χ0v) is 22.1. The van der Waals surface area contributed by atoms with E-state index in [9.17, 15) is 15.0 Å². The molecule has 2 aliphatic heterocycles. The van der Waals surface area contributed by atoms with Crippen molar-refractivity contribution in [3.63, 3.8) is 0 Å². The molecule has 6 heteroatoms. The quantitative estimate of drug-likeness (QED) is 0.466. The van der Waals surface area contributed by atoms with Crippen molar-refractivity contribution in [3.05, 3.63) is 0 Å². The van der Waals surface area contributed by atoms with Gasteiger partial charge in [0.25, 0.3) is 0 Å². The molecule has 4 saturated carbocycles. The maximum atomic E-state index is 13.3. The van der Waals surface area contributed by atoms with Gasteiger partial charge in [0.15, 0.2) is 0 Å². The number of ketones is 1. The number of hydrogen-bond acceptors (Lipinski definition) is 4. The zero-order chi connectivity index (χ0) is 22.6. The molecular weight excluding hydrogens is 457 g/mol. The highest BCUT2D eigenvalue weighted by molar-refractivity contribution is 6.22. The molecule has 2 N–H and O–H groups in total. The summed E-state index contributed by atoms with van der Waals surface area (Å²) in [6, 6.07) is 0.323. The van der Waals surface area contributed by atoms with Crippen LogP contribution in [0.1, 0.15) is 78.6 Å². The van der Waals surface area contributed by atoms with Crippen molar-refractivity contribution in [1.29, 1.82) is 0 Å². The first-order chi connectivity index (χ1) is 15.0. The minimum absolute atomic E-state index is 0. The summed E-state index contributed by atoms with van der Waals surface area (Å²) in [5.41, 5.74) is -0.614. The molecule has 33 heavy (non-hydrogen) atoms. The Morgan fingerprint density at radius 2 is 1.70 bits per heavy atom. The van der Waals surface area contributed by atoms with Crippen molar-refractivity contribution in [1.82, 2.24) is 4.90 Å². The van der Waals surface area contributed by atoms with E-state index >= 15 is 0 Å². The first-order valence-corrected chi connectivity index (χ1v) is 13.8. The lowest BCUT2D eigenvalue weighted by molar-refractivity contribution is -0.175. The molecule has 6 rings (SSSR count). The molecule has 0 aromatic carbocycles. The van der Waals surface area contributed by atoms with Crippen LogP contribution in [-0.2, 0) is 4.79 Å². The molecule has 4 nitrogen and oxygen atoms in total. The highest BCUT2D eigenvalue weighted by atomic mass is 35.5. The number of halogens is 2. The number of fused-ring (bicyclic) bond motifs is 8. The minimum Gasteiger partial charge on any atom is -0.388 e. The monoisotopic (exact) mass is 499 g/mol. The Bertz CT molecular complexity index is 802. The van der Waals surface area contributed by atoms with E-state index < -0.39 is 10.7 Å². The van der Waals surface area contributed by atoms with Crippen molar-refractivity contribution in [2.24, 2.45) is 52.8 Å². The molecule has 0 bridgehead atoms. The van der Waals surface area contributed by atoms with E-state index in [1.54, 1.807) is 0 Å². The van der Waals surface area contributed by atoms with Crippen molar-refractivity contribution in [3.8, 4) is 0 Å². The number of rotatable bonds is 0. The predicted octanol–water partition coefficient (Wildman–Crippen LogP) is 4.87. The number of nitrogens with zero attached hydrogens (tertiary/aromatic N) is 1. The topological polar surface area (TPSA) is 60.8 Å². The largest absolute Gasteiger partial charge is 0.388 e. The van der Waals surface area contributed by atoms with Crippen molar-refractivity contribution < 1.29 is 15.0 Å². The first-order valence-electron chi connectivity index (χ1n) is 13.4. The molecule has 0 spiro atoms. The van der Waals surface area contributed by atoms with Crippen LogP contribution in [0, 0.1) is 52.8 Å². The molecule has 0 aromatic heterocycles. The molecule has 2 heterocycles. The summed E-state index contributed by atoms with van der Waals surface area (Å²) in [6.07, 6.45) is 8.46. The fraction of sp³-hybridized carbons (Fsp3) is 0.963. The van der Waals surface area contributed by atoms with Gasteiger partial charge >= 0.3 is 0 Å². The van der Waals surface area contributed by atoms with Crippen LogP contribution in [0.15, 0.2) is 0 Å². The van der Waals surface area contributed by atoms with Gasteiger partial charge in [-0.1, -0.05) is 25.4 Å². The maximum Gasteiger partial charge on any atom is 0.139 e. The Hall–Kier alpha value is 0.130. The molecule has 4 aliphatic carbocycles. The van der Waals surface area contributed by atoms with Crippen LogP contribution >= 0.6 is 24.0 Å². The van der Waals surface area contributed by atoms with Crippen LogP contribution in [0.2, 0.25) is 0 Å². The number of carbonyl (C=O) groups excluding carboxylic acids is 1. The Balaban J connectivity index is 0.00000228. The average molecular weight is 501 g/mol. The van der Waals surface area contributed by atoms with E-state index in [2.05, 4.69) is 25.7 Å². The Morgan fingerprint density at radius 3 is 2.45 bits per heavy atom. The van der Waals surface area contributed by atoms with E-state index in [4.69, 9.17) is 11.6 Å². The Kier molecular flexibility index (Phi) is 6.06. The molecule has 6 aliphatic rings. The van der Waals surface area contributed by atoms with Crippen LogP contribution in [0.3, 0.4) is 0 Å². The summed E-state index contributed by atoms with van der Waals surface area (Å²) in [6.45, 7) is 9.11. The molecule has 188 valence electrons. The van der Waals surface area contributed by atoms with Gasteiger partial charge in [0.1, 0.15) is 10.8 Å². The molecule has 6 fully saturated rings. The van der Waals surface area contributed by atoms with Gasteiger partial charge in [-0.25, -0.2) is 0 Å². The number of aliphatic hydroxyl groups is 2. The first kappa shape index (κ1) is 24.8. The van der Waals surface area contributed by atoms with Gasteiger partial charge in [-0.05, 0) is 98.7 Å². The number of alkyl halides is 1.